The third kappa shape index (κ3) is 2.58. The number of hydrogen-bond acceptors (Lipinski definition) is 6. The molecule has 20 heavy (non-hydrogen) atoms. The average molecular weight is 274 g/mol. The van der Waals surface area contributed by atoms with Gasteiger partial charge in [0.2, 0.25) is 5.78 Å². The number of phenolic OH excluding ortho intramolecular Hbond substituents is 3. The minimum atomic E-state index is -1.76. The van der Waals surface area contributed by atoms with E-state index in [2.05, 4.69) is 0 Å². The summed E-state index contributed by atoms with van der Waals surface area (Å²) in [6.45, 7) is 0. The topological polar surface area (TPSA) is 118 Å². The van der Waals surface area contributed by atoms with Crippen LogP contribution >= 0.6 is 0 Å². The Bertz CT molecular complexity index is 668. The smallest absolute Gasteiger partial charge is 0.488 e. The molecule has 0 atom stereocenters. The molecule has 2 aromatic rings. The van der Waals surface area contributed by atoms with Gasteiger partial charge in [0.1, 0.15) is 17.2 Å². The maximum atomic E-state index is 12.2. The number of carbonyl (C=O) groups is 1. The molecule has 0 unspecified atom stereocenters. The Balaban J connectivity index is 2.46. The lowest BCUT2D eigenvalue weighted by Crippen LogP contribution is -2.29. The second kappa shape index (κ2) is 5.24. The van der Waals surface area contributed by atoms with Gasteiger partial charge in [-0.3, -0.25) is 4.79 Å². The first kappa shape index (κ1) is 13.9. The first-order valence-electron chi connectivity index (χ1n) is 5.66. The molecule has 0 heterocycles. The number of phenols is 3. The Labute approximate surface area is 114 Å². The number of rotatable bonds is 3. The summed E-state index contributed by atoms with van der Waals surface area (Å²) in [6, 6.07) is 6.96. The van der Waals surface area contributed by atoms with E-state index < -0.39 is 18.7 Å². The van der Waals surface area contributed by atoms with E-state index in [4.69, 9.17) is 10.0 Å². The normalized spacial score (nSPS) is 10.3. The highest BCUT2D eigenvalue weighted by atomic mass is 16.4. The highest BCUT2D eigenvalue weighted by Crippen LogP contribution is 2.27. The van der Waals surface area contributed by atoms with Crippen molar-refractivity contribution < 1.29 is 30.2 Å². The van der Waals surface area contributed by atoms with E-state index in [0.717, 1.165) is 18.2 Å². The van der Waals surface area contributed by atoms with E-state index in [1.165, 1.54) is 18.2 Å². The van der Waals surface area contributed by atoms with Crippen LogP contribution < -0.4 is 5.46 Å². The fourth-order valence-electron chi connectivity index (χ4n) is 1.75. The molecule has 0 saturated carbocycles. The molecule has 0 radical (unpaired) electrons. The van der Waals surface area contributed by atoms with Crippen molar-refractivity contribution in [3.8, 4) is 17.2 Å². The number of hydrogen-bond donors (Lipinski definition) is 5. The second-order valence-electron chi connectivity index (χ2n) is 4.18. The average Bonchev–Trinajstić information content (AvgIpc) is 2.40. The van der Waals surface area contributed by atoms with Gasteiger partial charge in [0.25, 0.3) is 0 Å². The summed E-state index contributed by atoms with van der Waals surface area (Å²) in [5, 5.41) is 46.6. The third-order valence-electron chi connectivity index (χ3n) is 2.79. The van der Waals surface area contributed by atoms with Crippen LogP contribution in [-0.2, 0) is 0 Å². The Morgan fingerprint density at radius 2 is 1.55 bits per heavy atom. The number of benzene rings is 2. The fourth-order valence-corrected chi connectivity index (χ4v) is 1.75. The molecule has 0 amide bonds. The van der Waals surface area contributed by atoms with Gasteiger partial charge in [0, 0.05) is 0 Å². The predicted molar refractivity (Wildman–Crippen MR) is 71.1 cm³/mol. The largest absolute Gasteiger partial charge is 0.508 e. The van der Waals surface area contributed by atoms with Crippen LogP contribution in [0, 0.1) is 0 Å². The van der Waals surface area contributed by atoms with Crippen LogP contribution in [0.3, 0.4) is 0 Å². The Morgan fingerprint density at radius 1 is 0.850 bits per heavy atom. The summed E-state index contributed by atoms with van der Waals surface area (Å²) in [7, 11) is -1.76. The highest BCUT2D eigenvalue weighted by Gasteiger charge is 2.20. The van der Waals surface area contributed by atoms with Crippen molar-refractivity contribution in [3.05, 3.63) is 47.5 Å². The van der Waals surface area contributed by atoms with Gasteiger partial charge in [0.15, 0.2) is 0 Å². The van der Waals surface area contributed by atoms with Gasteiger partial charge in [-0.2, -0.15) is 0 Å². The van der Waals surface area contributed by atoms with Gasteiger partial charge in [-0.25, -0.2) is 0 Å². The van der Waals surface area contributed by atoms with Crippen molar-refractivity contribution in [2.75, 3.05) is 0 Å². The van der Waals surface area contributed by atoms with Gasteiger partial charge in [-0.1, -0.05) is 6.07 Å². The van der Waals surface area contributed by atoms with E-state index in [9.17, 15) is 20.1 Å². The minimum absolute atomic E-state index is 0.0270. The number of ketones is 1. The maximum Gasteiger partial charge on any atom is 0.488 e. The molecule has 0 fully saturated rings. The Hall–Kier alpha value is -2.51. The number of carbonyl (C=O) groups excluding carboxylic acids is 1. The lowest BCUT2D eigenvalue weighted by atomic mass is 9.79. The van der Waals surface area contributed by atoms with Crippen LogP contribution in [0.4, 0.5) is 0 Å². The van der Waals surface area contributed by atoms with Gasteiger partial charge in [0.05, 0.1) is 11.1 Å². The lowest BCUT2D eigenvalue weighted by Gasteiger charge is -2.08. The molecule has 0 bridgehead atoms. The molecule has 0 aliphatic carbocycles. The fraction of sp³-hybridized carbons (Fsp3) is 0. The SMILES string of the molecule is O=C(c1ccc(B(O)O)cc1O)c1cc(O)ccc1O. The summed E-state index contributed by atoms with van der Waals surface area (Å²) >= 11 is 0. The first-order valence-corrected chi connectivity index (χ1v) is 5.66. The molecule has 0 aliphatic rings. The minimum Gasteiger partial charge on any atom is -0.508 e. The third-order valence-corrected chi connectivity index (χ3v) is 2.79. The molecular formula is C13H11BO6. The van der Waals surface area contributed by atoms with E-state index in [1.54, 1.807) is 0 Å². The molecular weight excluding hydrogens is 263 g/mol. The van der Waals surface area contributed by atoms with Crippen LogP contribution in [0.15, 0.2) is 36.4 Å². The molecule has 0 saturated heterocycles. The zero-order valence-electron chi connectivity index (χ0n) is 10.2. The summed E-state index contributed by atoms with van der Waals surface area (Å²) in [5.41, 5.74) is -0.271. The molecule has 6 nitrogen and oxygen atoms in total. The van der Waals surface area contributed by atoms with Crippen LogP contribution in [0.25, 0.3) is 0 Å². The van der Waals surface area contributed by atoms with Crippen LogP contribution in [0.5, 0.6) is 17.2 Å². The summed E-state index contributed by atoms with van der Waals surface area (Å²) in [6.07, 6.45) is 0. The van der Waals surface area contributed by atoms with Crippen molar-refractivity contribution >= 4 is 18.4 Å². The zero-order valence-corrected chi connectivity index (χ0v) is 10.2. The van der Waals surface area contributed by atoms with Crippen molar-refractivity contribution in [2.24, 2.45) is 0 Å². The molecule has 7 heteroatoms. The zero-order chi connectivity index (χ0) is 14.9. The van der Waals surface area contributed by atoms with E-state index in [0.29, 0.717) is 0 Å². The molecule has 0 spiro atoms. The molecule has 0 aliphatic heterocycles. The maximum absolute atomic E-state index is 12.2. The Morgan fingerprint density at radius 3 is 2.15 bits per heavy atom. The predicted octanol–water partition coefficient (Wildman–Crippen LogP) is -0.286. The van der Waals surface area contributed by atoms with Crippen molar-refractivity contribution in [3.63, 3.8) is 0 Å². The van der Waals surface area contributed by atoms with Gasteiger partial charge < -0.3 is 25.4 Å². The Kier molecular flexibility index (Phi) is 3.65. The molecule has 102 valence electrons. The van der Waals surface area contributed by atoms with Crippen LogP contribution in [-0.4, -0.2) is 38.3 Å². The lowest BCUT2D eigenvalue weighted by molar-refractivity contribution is 0.103. The quantitative estimate of drug-likeness (QED) is 0.298. The van der Waals surface area contributed by atoms with Gasteiger partial charge in [-0.05, 0) is 35.8 Å². The van der Waals surface area contributed by atoms with Crippen molar-refractivity contribution in [2.45, 2.75) is 0 Å². The second-order valence-corrected chi connectivity index (χ2v) is 4.18. The van der Waals surface area contributed by atoms with Crippen LogP contribution in [0.1, 0.15) is 15.9 Å². The van der Waals surface area contributed by atoms with Crippen LogP contribution in [0.2, 0.25) is 0 Å². The van der Waals surface area contributed by atoms with E-state index in [-0.39, 0.29) is 28.1 Å². The van der Waals surface area contributed by atoms with Crippen molar-refractivity contribution in [1.29, 1.82) is 0 Å². The molecule has 0 aromatic heterocycles. The summed E-state index contributed by atoms with van der Waals surface area (Å²) < 4.78 is 0. The highest BCUT2D eigenvalue weighted by molar-refractivity contribution is 6.58. The first-order chi connectivity index (χ1) is 9.40. The molecule has 5 N–H and O–H groups in total. The monoisotopic (exact) mass is 274 g/mol. The van der Waals surface area contributed by atoms with Gasteiger partial charge in [-0.15, -0.1) is 0 Å². The number of aromatic hydroxyl groups is 3. The summed E-state index contributed by atoms with van der Waals surface area (Å²) in [5.74, 6) is -1.69. The van der Waals surface area contributed by atoms with E-state index in [1.807, 2.05) is 0 Å². The standard InChI is InChI=1S/C13H11BO6/c15-8-2-4-11(16)10(6-8)13(18)9-3-1-7(14(19)20)5-12(9)17/h1-6,15-17,19-20H. The van der Waals surface area contributed by atoms with Crippen molar-refractivity contribution in [1.82, 2.24) is 0 Å². The van der Waals surface area contributed by atoms with E-state index >= 15 is 0 Å². The molecule has 2 rings (SSSR count). The molecule has 2 aromatic carbocycles. The summed E-state index contributed by atoms with van der Waals surface area (Å²) in [4.78, 5) is 12.2. The van der Waals surface area contributed by atoms with Gasteiger partial charge >= 0.3 is 7.12 Å².